The normalized spacial score (nSPS) is 24.5. The standard InChI is InChI=1S/C28H28F2N6O/c1-27(37)8-12-34(13-9-27)24-5-2-18(16-31-24)21-17-32-36-11-7-25(33-26(21)36)35-10-6-19-15-28(19,35)22-14-20(29)3-4-23(22)30/h2-5,7,11,14,16-17,19,37H,6,8-10,12-13,15H2,1H3/t19-,28+/m0/s1. The van der Waals surface area contributed by atoms with Crippen LogP contribution in [0.5, 0.6) is 0 Å². The minimum absolute atomic E-state index is 0.293. The average molecular weight is 503 g/mol. The van der Waals surface area contributed by atoms with Crippen molar-refractivity contribution in [3.63, 3.8) is 0 Å². The number of benzene rings is 1. The molecule has 1 N–H and O–H groups in total. The van der Waals surface area contributed by atoms with E-state index < -0.39 is 17.0 Å². The molecule has 0 bridgehead atoms. The van der Waals surface area contributed by atoms with Crippen molar-refractivity contribution in [2.75, 3.05) is 29.4 Å². The van der Waals surface area contributed by atoms with Crippen LogP contribution in [0.15, 0.2) is 55.0 Å². The van der Waals surface area contributed by atoms with Gasteiger partial charge in [-0.15, -0.1) is 0 Å². The van der Waals surface area contributed by atoms with Gasteiger partial charge in [0.1, 0.15) is 23.3 Å². The number of nitrogens with zero attached hydrogens (tertiary/aromatic N) is 6. The summed E-state index contributed by atoms with van der Waals surface area (Å²) >= 11 is 0. The van der Waals surface area contributed by atoms with Gasteiger partial charge in [-0.05, 0) is 74.9 Å². The second-order valence-corrected chi connectivity index (χ2v) is 10.9. The van der Waals surface area contributed by atoms with Gasteiger partial charge in [-0.25, -0.2) is 23.3 Å². The zero-order chi connectivity index (χ0) is 25.4. The van der Waals surface area contributed by atoms with E-state index in [4.69, 9.17) is 9.97 Å². The van der Waals surface area contributed by atoms with Crippen molar-refractivity contribution in [1.29, 1.82) is 0 Å². The van der Waals surface area contributed by atoms with Gasteiger partial charge < -0.3 is 14.9 Å². The lowest BCUT2D eigenvalue weighted by Crippen LogP contribution is -2.42. The third-order valence-electron chi connectivity index (χ3n) is 8.50. The van der Waals surface area contributed by atoms with Gasteiger partial charge in [0.25, 0.3) is 0 Å². The molecular formula is C28H28F2N6O. The Morgan fingerprint density at radius 1 is 1.00 bits per heavy atom. The third-order valence-corrected chi connectivity index (χ3v) is 8.50. The first kappa shape index (κ1) is 22.6. The lowest BCUT2D eigenvalue weighted by atomic mass is 9.94. The van der Waals surface area contributed by atoms with Gasteiger partial charge in [0.2, 0.25) is 0 Å². The van der Waals surface area contributed by atoms with Crippen molar-refractivity contribution in [2.45, 2.75) is 43.7 Å². The van der Waals surface area contributed by atoms with Crippen LogP contribution in [0.3, 0.4) is 0 Å². The minimum Gasteiger partial charge on any atom is -0.390 e. The van der Waals surface area contributed by atoms with E-state index in [-0.39, 0.29) is 5.82 Å². The fourth-order valence-corrected chi connectivity index (χ4v) is 6.26. The number of hydrogen-bond donors (Lipinski definition) is 1. The van der Waals surface area contributed by atoms with E-state index in [0.29, 0.717) is 17.1 Å². The monoisotopic (exact) mass is 502 g/mol. The number of pyridine rings is 1. The summed E-state index contributed by atoms with van der Waals surface area (Å²) in [6.45, 7) is 4.17. The average Bonchev–Trinajstić information content (AvgIpc) is 3.27. The number of hydrogen-bond acceptors (Lipinski definition) is 6. The van der Waals surface area contributed by atoms with Crippen LogP contribution in [-0.4, -0.2) is 49.9 Å². The van der Waals surface area contributed by atoms with Crippen molar-refractivity contribution >= 4 is 17.3 Å². The molecule has 9 heteroatoms. The molecule has 3 aliphatic rings. The Morgan fingerprint density at radius 2 is 1.84 bits per heavy atom. The van der Waals surface area contributed by atoms with Crippen LogP contribution in [0.2, 0.25) is 0 Å². The molecule has 7 rings (SSSR count). The Hall–Kier alpha value is -3.59. The van der Waals surface area contributed by atoms with Crippen LogP contribution in [0.4, 0.5) is 20.4 Å². The van der Waals surface area contributed by atoms with Gasteiger partial charge >= 0.3 is 0 Å². The fraction of sp³-hybridized carbons (Fsp3) is 0.393. The quantitative estimate of drug-likeness (QED) is 0.442. The Balaban J connectivity index is 1.21. The molecule has 7 nitrogen and oxygen atoms in total. The molecule has 2 saturated heterocycles. The van der Waals surface area contributed by atoms with Crippen molar-refractivity contribution in [2.24, 2.45) is 5.92 Å². The number of aliphatic hydroxyl groups is 1. The molecule has 3 fully saturated rings. The first-order valence-corrected chi connectivity index (χ1v) is 12.9. The number of piperidine rings is 2. The number of fused-ring (bicyclic) bond motifs is 2. The highest BCUT2D eigenvalue weighted by molar-refractivity contribution is 5.78. The van der Waals surface area contributed by atoms with Gasteiger partial charge in [-0.1, -0.05) is 0 Å². The molecule has 1 aliphatic carbocycles. The van der Waals surface area contributed by atoms with Crippen LogP contribution in [-0.2, 0) is 5.54 Å². The third kappa shape index (κ3) is 3.59. The first-order chi connectivity index (χ1) is 17.8. The van der Waals surface area contributed by atoms with Crippen molar-refractivity contribution in [3.05, 3.63) is 72.2 Å². The van der Waals surface area contributed by atoms with E-state index >= 15 is 0 Å². The number of halogens is 2. The predicted molar refractivity (Wildman–Crippen MR) is 136 cm³/mol. The summed E-state index contributed by atoms with van der Waals surface area (Å²) in [5, 5.41) is 14.7. The highest BCUT2D eigenvalue weighted by Gasteiger charge is 2.64. The molecule has 0 unspecified atom stereocenters. The Morgan fingerprint density at radius 3 is 2.59 bits per heavy atom. The second-order valence-electron chi connectivity index (χ2n) is 10.9. The van der Waals surface area contributed by atoms with Crippen molar-refractivity contribution in [1.82, 2.24) is 19.6 Å². The Kier molecular flexibility index (Phi) is 4.86. The lowest BCUT2D eigenvalue weighted by molar-refractivity contribution is 0.0350. The molecule has 3 aromatic heterocycles. The van der Waals surface area contributed by atoms with Gasteiger partial charge in [0, 0.05) is 48.7 Å². The summed E-state index contributed by atoms with van der Waals surface area (Å²) < 4.78 is 30.6. The summed E-state index contributed by atoms with van der Waals surface area (Å²) in [5.74, 6) is 1.13. The zero-order valence-electron chi connectivity index (χ0n) is 20.6. The van der Waals surface area contributed by atoms with Crippen LogP contribution < -0.4 is 9.80 Å². The molecule has 1 aromatic carbocycles. The summed E-state index contributed by atoms with van der Waals surface area (Å²) in [6.07, 6.45) is 8.64. The minimum atomic E-state index is -0.605. The molecule has 2 aliphatic heterocycles. The summed E-state index contributed by atoms with van der Waals surface area (Å²) in [5.41, 5.74) is 1.74. The molecule has 4 aromatic rings. The first-order valence-electron chi connectivity index (χ1n) is 12.9. The molecule has 5 heterocycles. The molecule has 0 spiro atoms. The maximum atomic E-state index is 14.8. The maximum absolute atomic E-state index is 14.8. The van der Waals surface area contributed by atoms with Crippen molar-refractivity contribution < 1.29 is 13.9 Å². The van der Waals surface area contributed by atoms with E-state index in [0.717, 1.165) is 68.1 Å². The van der Waals surface area contributed by atoms with E-state index in [1.807, 2.05) is 37.5 Å². The summed E-state index contributed by atoms with van der Waals surface area (Å²) in [4.78, 5) is 14.0. The highest BCUT2D eigenvalue weighted by Crippen LogP contribution is 2.63. The van der Waals surface area contributed by atoms with Crippen molar-refractivity contribution in [3.8, 4) is 11.1 Å². The van der Waals surface area contributed by atoms with E-state index in [2.05, 4.69) is 14.9 Å². The molecule has 1 saturated carbocycles. The molecule has 0 radical (unpaired) electrons. The Labute approximate surface area is 213 Å². The zero-order valence-corrected chi connectivity index (χ0v) is 20.6. The van der Waals surface area contributed by atoms with E-state index in [1.165, 1.54) is 18.2 Å². The fourth-order valence-electron chi connectivity index (χ4n) is 6.26. The highest BCUT2D eigenvalue weighted by atomic mass is 19.1. The summed E-state index contributed by atoms with van der Waals surface area (Å²) in [7, 11) is 0. The molecule has 2 atom stereocenters. The van der Waals surface area contributed by atoms with Gasteiger partial charge in [-0.3, -0.25) is 0 Å². The van der Waals surface area contributed by atoms with Gasteiger partial charge in [0.15, 0.2) is 5.65 Å². The molecule has 0 amide bonds. The van der Waals surface area contributed by atoms with Gasteiger partial charge in [-0.2, -0.15) is 5.10 Å². The maximum Gasteiger partial charge on any atom is 0.165 e. The number of anilines is 2. The predicted octanol–water partition coefficient (Wildman–Crippen LogP) is 4.55. The number of aromatic nitrogens is 4. The van der Waals surface area contributed by atoms with Gasteiger partial charge in [0.05, 0.1) is 17.3 Å². The smallest absolute Gasteiger partial charge is 0.165 e. The molecular weight excluding hydrogens is 474 g/mol. The topological polar surface area (TPSA) is 69.8 Å². The lowest BCUT2D eigenvalue weighted by Gasteiger charge is -2.36. The van der Waals surface area contributed by atoms with Crippen LogP contribution in [0.25, 0.3) is 16.8 Å². The second kappa shape index (κ2) is 7.95. The van der Waals surface area contributed by atoms with Crippen LogP contribution in [0.1, 0.15) is 38.2 Å². The largest absolute Gasteiger partial charge is 0.390 e. The SMILES string of the molecule is CC1(O)CCN(c2ccc(-c3cnn4ccc(N5CC[C@H]6C[C@]65c5cc(F)ccc5F)nc34)cn2)CC1. The molecule has 190 valence electrons. The van der Waals surface area contributed by atoms with E-state index in [1.54, 1.807) is 10.7 Å². The van der Waals surface area contributed by atoms with Crippen LogP contribution >= 0.6 is 0 Å². The molecule has 37 heavy (non-hydrogen) atoms. The van der Waals surface area contributed by atoms with Crippen LogP contribution in [0, 0.1) is 17.6 Å². The number of rotatable bonds is 4. The Bertz CT molecular complexity index is 1490. The summed E-state index contributed by atoms with van der Waals surface area (Å²) in [6, 6.07) is 9.66. The van der Waals surface area contributed by atoms with E-state index in [9.17, 15) is 13.9 Å².